The summed E-state index contributed by atoms with van der Waals surface area (Å²) in [7, 11) is 1.66. The van der Waals surface area contributed by atoms with Crippen LogP contribution in [0.1, 0.15) is 27.2 Å². The summed E-state index contributed by atoms with van der Waals surface area (Å²) in [6, 6.07) is 6.64. The maximum Gasteiger partial charge on any atom is 0.221 e. The highest BCUT2D eigenvalue weighted by molar-refractivity contribution is 5.89. The maximum absolute atomic E-state index is 11.2. The van der Waals surface area contributed by atoms with E-state index in [4.69, 9.17) is 4.74 Å². The first-order chi connectivity index (χ1) is 9.99. The zero-order chi connectivity index (χ0) is 15.4. The Morgan fingerprint density at radius 3 is 2.76 bits per heavy atom. The molecule has 1 amide bonds. The van der Waals surface area contributed by atoms with Crippen molar-refractivity contribution in [2.45, 2.75) is 39.3 Å². The van der Waals surface area contributed by atoms with Crippen molar-refractivity contribution in [3.8, 4) is 5.75 Å². The molecule has 1 aliphatic rings. The number of hydrogen-bond donors (Lipinski definition) is 2. The number of rotatable bonds is 5. The molecule has 1 aromatic rings. The van der Waals surface area contributed by atoms with Gasteiger partial charge < -0.3 is 15.4 Å². The van der Waals surface area contributed by atoms with Crippen LogP contribution in [0.15, 0.2) is 18.2 Å². The lowest BCUT2D eigenvalue weighted by Gasteiger charge is -2.21. The third-order valence-corrected chi connectivity index (χ3v) is 3.83. The standard InChI is InChI=1S/C16H25N3O2/c1-11(2)19-8-7-14(10-19)18-15-9-13(17-12(3)20)5-6-16(15)21-4/h5-6,9,11,14,18H,7-8,10H2,1-4H3,(H,17,20). The molecule has 5 heteroatoms. The van der Waals surface area contributed by atoms with E-state index in [2.05, 4.69) is 29.4 Å². The number of nitrogens with zero attached hydrogens (tertiary/aromatic N) is 1. The van der Waals surface area contributed by atoms with Crippen LogP contribution in [0.25, 0.3) is 0 Å². The van der Waals surface area contributed by atoms with Crippen molar-refractivity contribution in [3.05, 3.63) is 18.2 Å². The van der Waals surface area contributed by atoms with Gasteiger partial charge in [-0.1, -0.05) is 0 Å². The predicted molar refractivity (Wildman–Crippen MR) is 86.0 cm³/mol. The van der Waals surface area contributed by atoms with Gasteiger partial charge in [0.25, 0.3) is 0 Å². The molecule has 2 N–H and O–H groups in total. The van der Waals surface area contributed by atoms with Gasteiger partial charge in [-0.2, -0.15) is 0 Å². The van der Waals surface area contributed by atoms with E-state index in [-0.39, 0.29) is 5.91 Å². The number of methoxy groups -OCH3 is 1. The summed E-state index contributed by atoms with van der Waals surface area (Å²) >= 11 is 0. The molecule has 116 valence electrons. The van der Waals surface area contributed by atoms with E-state index in [1.165, 1.54) is 6.92 Å². The van der Waals surface area contributed by atoms with Gasteiger partial charge in [-0.25, -0.2) is 0 Å². The van der Waals surface area contributed by atoms with Crippen molar-refractivity contribution in [3.63, 3.8) is 0 Å². The maximum atomic E-state index is 11.2. The third kappa shape index (κ3) is 4.11. The molecule has 0 saturated carbocycles. The molecule has 0 aromatic heterocycles. The minimum atomic E-state index is -0.0713. The lowest BCUT2D eigenvalue weighted by atomic mass is 10.2. The Labute approximate surface area is 126 Å². The Bertz CT molecular complexity index is 502. The summed E-state index contributed by atoms with van der Waals surface area (Å²) in [5.74, 6) is 0.727. The highest BCUT2D eigenvalue weighted by atomic mass is 16.5. The quantitative estimate of drug-likeness (QED) is 0.875. The number of amides is 1. The number of benzene rings is 1. The van der Waals surface area contributed by atoms with Crippen LogP contribution in [0.5, 0.6) is 5.75 Å². The van der Waals surface area contributed by atoms with Crippen molar-refractivity contribution in [1.29, 1.82) is 0 Å². The lowest BCUT2D eigenvalue weighted by Crippen LogP contribution is -2.31. The topological polar surface area (TPSA) is 53.6 Å². The van der Waals surface area contributed by atoms with Crippen LogP contribution in [-0.4, -0.2) is 43.1 Å². The zero-order valence-electron chi connectivity index (χ0n) is 13.3. The molecule has 1 unspecified atom stereocenters. The molecule has 0 radical (unpaired) electrons. The van der Waals surface area contributed by atoms with Crippen LogP contribution < -0.4 is 15.4 Å². The van der Waals surface area contributed by atoms with Crippen molar-refractivity contribution >= 4 is 17.3 Å². The van der Waals surface area contributed by atoms with Crippen LogP contribution in [0.3, 0.4) is 0 Å². The van der Waals surface area contributed by atoms with Crippen LogP contribution in [0.4, 0.5) is 11.4 Å². The average Bonchev–Trinajstić information content (AvgIpc) is 2.87. The van der Waals surface area contributed by atoms with E-state index in [9.17, 15) is 4.79 Å². The van der Waals surface area contributed by atoms with Crippen LogP contribution in [0, 0.1) is 0 Å². The van der Waals surface area contributed by atoms with Crippen LogP contribution in [-0.2, 0) is 4.79 Å². The zero-order valence-corrected chi connectivity index (χ0v) is 13.3. The first-order valence-electron chi connectivity index (χ1n) is 7.46. The molecule has 1 atom stereocenters. The second-order valence-corrected chi connectivity index (χ2v) is 5.81. The molecule has 1 aliphatic heterocycles. The molecular formula is C16H25N3O2. The fourth-order valence-electron chi connectivity index (χ4n) is 2.70. The van der Waals surface area contributed by atoms with E-state index in [0.717, 1.165) is 36.6 Å². The Hall–Kier alpha value is -1.75. The summed E-state index contributed by atoms with van der Waals surface area (Å²) in [5, 5.41) is 6.34. The predicted octanol–water partition coefficient (Wildman–Crippen LogP) is 2.55. The SMILES string of the molecule is COc1ccc(NC(C)=O)cc1NC1CCN(C(C)C)C1. The highest BCUT2D eigenvalue weighted by Gasteiger charge is 2.24. The summed E-state index contributed by atoms with van der Waals surface area (Å²) in [6.45, 7) is 8.10. The Morgan fingerprint density at radius 2 is 2.19 bits per heavy atom. The van der Waals surface area contributed by atoms with Crippen LogP contribution in [0.2, 0.25) is 0 Å². The van der Waals surface area contributed by atoms with E-state index in [1.807, 2.05) is 18.2 Å². The molecule has 1 saturated heterocycles. The number of nitrogens with one attached hydrogen (secondary N) is 2. The summed E-state index contributed by atoms with van der Waals surface area (Å²) in [5.41, 5.74) is 1.71. The van der Waals surface area contributed by atoms with Gasteiger partial charge in [-0.05, 0) is 38.5 Å². The Morgan fingerprint density at radius 1 is 1.43 bits per heavy atom. The van der Waals surface area contributed by atoms with Gasteiger partial charge in [0.15, 0.2) is 0 Å². The van der Waals surface area contributed by atoms with Crippen LogP contribution >= 0.6 is 0 Å². The Kier molecular flexibility index (Phi) is 5.07. The normalized spacial score (nSPS) is 18.8. The van der Waals surface area contributed by atoms with E-state index in [0.29, 0.717) is 12.1 Å². The van der Waals surface area contributed by atoms with Crippen molar-refractivity contribution in [1.82, 2.24) is 4.90 Å². The molecule has 5 nitrogen and oxygen atoms in total. The first kappa shape index (κ1) is 15.6. The summed E-state index contributed by atoms with van der Waals surface area (Å²) < 4.78 is 5.40. The first-order valence-corrected chi connectivity index (χ1v) is 7.46. The van der Waals surface area contributed by atoms with Gasteiger partial charge in [-0.15, -0.1) is 0 Å². The van der Waals surface area contributed by atoms with Crippen molar-refractivity contribution < 1.29 is 9.53 Å². The van der Waals surface area contributed by atoms with Gasteiger partial charge in [0.1, 0.15) is 5.75 Å². The third-order valence-electron chi connectivity index (χ3n) is 3.83. The van der Waals surface area contributed by atoms with Crippen molar-refractivity contribution in [2.75, 3.05) is 30.8 Å². The average molecular weight is 291 g/mol. The number of ether oxygens (including phenoxy) is 1. The number of carbonyl (C=O) groups is 1. The number of carbonyl (C=O) groups excluding carboxylic acids is 1. The van der Waals surface area contributed by atoms with Gasteiger partial charge >= 0.3 is 0 Å². The van der Waals surface area contributed by atoms with Crippen molar-refractivity contribution in [2.24, 2.45) is 0 Å². The minimum absolute atomic E-state index is 0.0713. The molecule has 0 spiro atoms. The molecule has 21 heavy (non-hydrogen) atoms. The van der Waals surface area contributed by atoms with E-state index in [1.54, 1.807) is 7.11 Å². The van der Waals surface area contributed by atoms with E-state index < -0.39 is 0 Å². The second-order valence-electron chi connectivity index (χ2n) is 5.81. The van der Waals surface area contributed by atoms with Gasteiger partial charge in [0.05, 0.1) is 12.8 Å². The number of anilines is 2. The van der Waals surface area contributed by atoms with Gasteiger partial charge in [0, 0.05) is 37.8 Å². The number of likely N-dealkylation sites (tertiary alicyclic amines) is 1. The Balaban J connectivity index is 2.09. The highest BCUT2D eigenvalue weighted by Crippen LogP contribution is 2.30. The summed E-state index contributed by atoms with van der Waals surface area (Å²) in [4.78, 5) is 13.6. The summed E-state index contributed by atoms with van der Waals surface area (Å²) in [6.07, 6.45) is 1.12. The fourth-order valence-corrected chi connectivity index (χ4v) is 2.70. The monoisotopic (exact) mass is 291 g/mol. The lowest BCUT2D eigenvalue weighted by molar-refractivity contribution is -0.114. The second kappa shape index (κ2) is 6.80. The molecule has 2 rings (SSSR count). The van der Waals surface area contributed by atoms with E-state index >= 15 is 0 Å². The molecular weight excluding hydrogens is 266 g/mol. The molecule has 0 aliphatic carbocycles. The molecule has 1 aromatic carbocycles. The number of hydrogen-bond acceptors (Lipinski definition) is 4. The molecule has 0 bridgehead atoms. The largest absolute Gasteiger partial charge is 0.495 e. The minimum Gasteiger partial charge on any atom is -0.495 e. The smallest absolute Gasteiger partial charge is 0.221 e. The molecule has 1 fully saturated rings. The van der Waals surface area contributed by atoms with Gasteiger partial charge in [-0.3, -0.25) is 9.69 Å². The fraction of sp³-hybridized carbons (Fsp3) is 0.562. The van der Waals surface area contributed by atoms with Gasteiger partial charge in [0.2, 0.25) is 5.91 Å². The molecule has 1 heterocycles.